The van der Waals surface area contributed by atoms with Crippen LogP contribution in [0.3, 0.4) is 0 Å². The number of carbonyl (C=O) groups is 1. The van der Waals surface area contributed by atoms with Crippen LogP contribution in [0.15, 0.2) is 42.6 Å². The van der Waals surface area contributed by atoms with Crippen LogP contribution < -0.4 is 14.2 Å². The van der Waals surface area contributed by atoms with Crippen LogP contribution in [-0.2, 0) is 6.54 Å². The number of piperazine rings is 1. The van der Waals surface area contributed by atoms with Crippen LogP contribution in [0.5, 0.6) is 17.2 Å². The minimum Gasteiger partial charge on any atom is -0.490 e. The van der Waals surface area contributed by atoms with Crippen molar-refractivity contribution in [1.29, 1.82) is 0 Å². The molecular weight excluding hydrogens is 420 g/mol. The molecule has 8 nitrogen and oxygen atoms in total. The summed E-state index contributed by atoms with van der Waals surface area (Å²) < 4.78 is 19.2. The maximum Gasteiger partial charge on any atom is 0.254 e. The first-order valence-electron chi connectivity index (χ1n) is 11.6. The molecule has 4 rings (SSSR count). The van der Waals surface area contributed by atoms with Gasteiger partial charge in [0, 0.05) is 44.5 Å². The Labute approximate surface area is 194 Å². The monoisotopic (exact) mass is 452 g/mol. The fourth-order valence-corrected chi connectivity index (χ4v) is 4.10. The topological polar surface area (TPSA) is 68.5 Å². The number of aromatic nitrogens is 2. The highest BCUT2D eigenvalue weighted by atomic mass is 16.5. The van der Waals surface area contributed by atoms with E-state index >= 15 is 0 Å². The van der Waals surface area contributed by atoms with Crippen molar-refractivity contribution in [3.63, 3.8) is 0 Å². The molecule has 2 aromatic heterocycles. The summed E-state index contributed by atoms with van der Waals surface area (Å²) >= 11 is 0. The largest absolute Gasteiger partial charge is 0.490 e. The third-order valence-electron chi connectivity index (χ3n) is 5.62. The maximum absolute atomic E-state index is 13.3. The lowest BCUT2D eigenvalue weighted by Crippen LogP contribution is -2.48. The molecule has 1 saturated heterocycles. The number of ether oxygens (including phenoxy) is 3. The molecule has 1 aliphatic rings. The van der Waals surface area contributed by atoms with Gasteiger partial charge >= 0.3 is 0 Å². The minimum absolute atomic E-state index is 0.0210. The van der Waals surface area contributed by atoms with E-state index in [1.165, 1.54) is 0 Å². The van der Waals surface area contributed by atoms with E-state index in [1.807, 2.05) is 48.5 Å². The van der Waals surface area contributed by atoms with Crippen molar-refractivity contribution in [3.05, 3.63) is 53.9 Å². The summed E-state index contributed by atoms with van der Waals surface area (Å²) in [5, 5.41) is 4.64. The summed E-state index contributed by atoms with van der Waals surface area (Å²) in [6, 6.07) is 11.7. The standard InChI is InChI=1S/C25H32N4O4/c1-4-31-22-15-19(16-23(32-5-2)24(22)33-6-3)25(30)28-13-11-27(12-14-28)18-20-17-21-9-7-8-10-29(21)26-20/h7-10,15-17H,4-6,11-14,18H2,1-3H3. The van der Waals surface area contributed by atoms with Gasteiger partial charge in [0.25, 0.3) is 5.91 Å². The van der Waals surface area contributed by atoms with Gasteiger partial charge in [0.05, 0.1) is 31.0 Å². The highest BCUT2D eigenvalue weighted by Gasteiger charge is 2.25. The lowest BCUT2D eigenvalue weighted by atomic mass is 10.1. The molecular formula is C25H32N4O4. The highest BCUT2D eigenvalue weighted by molar-refractivity contribution is 5.95. The maximum atomic E-state index is 13.3. The van der Waals surface area contributed by atoms with Crippen molar-refractivity contribution in [2.24, 2.45) is 0 Å². The zero-order valence-electron chi connectivity index (χ0n) is 19.6. The number of rotatable bonds is 9. The van der Waals surface area contributed by atoms with Crippen LogP contribution in [-0.4, -0.2) is 71.3 Å². The van der Waals surface area contributed by atoms with Crippen molar-refractivity contribution in [1.82, 2.24) is 19.4 Å². The van der Waals surface area contributed by atoms with E-state index in [9.17, 15) is 4.79 Å². The first-order chi connectivity index (χ1) is 16.1. The van der Waals surface area contributed by atoms with Crippen LogP contribution in [0.4, 0.5) is 0 Å². The molecule has 1 aromatic carbocycles. The second-order valence-corrected chi connectivity index (χ2v) is 7.87. The van der Waals surface area contributed by atoms with Gasteiger partial charge in [-0.05, 0) is 51.1 Å². The first-order valence-corrected chi connectivity index (χ1v) is 11.6. The lowest BCUT2D eigenvalue weighted by molar-refractivity contribution is 0.0626. The first kappa shape index (κ1) is 22.9. The van der Waals surface area contributed by atoms with Gasteiger partial charge in [0.2, 0.25) is 5.75 Å². The number of nitrogens with zero attached hydrogens (tertiary/aromatic N) is 4. The Balaban J connectivity index is 1.44. The second-order valence-electron chi connectivity index (χ2n) is 7.87. The fraction of sp³-hybridized carbons (Fsp3) is 0.440. The van der Waals surface area contributed by atoms with Gasteiger partial charge in [-0.15, -0.1) is 0 Å². The molecule has 1 fully saturated rings. The third-order valence-corrected chi connectivity index (χ3v) is 5.62. The number of benzene rings is 1. The smallest absolute Gasteiger partial charge is 0.254 e. The number of hydrogen-bond donors (Lipinski definition) is 0. The van der Waals surface area contributed by atoms with E-state index in [0.717, 1.165) is 30.8 Å². The molecule has 8 heteroatoms. The van der Waals surface area contributed by atoms with Crippen LogP contribution in [0.1, 0.15) is 36.8 Å². The summed E-state index contributed by atoms with van der Waals surface area (Å²) in [7, 11) is 0. The molecule has 0 atom stereocenters. The van der Waals surface area contributed by atoms with Crippen molar-refractivity contribution in [2.45, 2.75) is 27.3 Å². The summed E-state index contributed by atoms with van der Waals surface area (Å²) in [4.78, 5) is 17.5. The van der Waals surface area contributed by atoms with Crippen molar-refractivity contribution >= 4 is 11.4 Å². The predicted molar refractivity (Wildman–Crippen MR) is 126 cm³/mol. The SMILES string of the molecule is CCOc1cc(C(=O)N2CCN(Cc3cc4ccccn4n3)CC2)cc(OCC)c1OCC. The molecule has 0 bridgehead atoms. The molecule has 0 unspecified atom stereocenters. The van der Waals surface area contributed by atoms with Gasteiger partial charge in [0.15, 0.2) is 11.5 Å². The van der Waals surface area contributed by atoms with E-state index in [2.05, 4.69) is 22.1 Å². The van der Waals surface area contributed by atoms with Gasteiger partial charge < -0.3 is 19.1 Å². The van der Waals surface area contributed by atoms with E-state index in [1.54, 1.807) is 12.1 Å². The van der Waals surface area contributed by atoms with Crippen molar-refractivity contribution in [2.75, 3.05) is 46.0 Å². The molecule has 0 N–H and O–H groups in total. The zero-order chi connectivity index (χ0) is 23.2. The van der Waals surface area contributed by atoms with Gasteiger partial charge in [-0.3, -0.25) is 9.69 Å². The van der Waals surface area contributed by atoms with E-state index < -0.39 is 0 Å². The average molecular weight is 453 g/mol. The normalized spacial score (nSPS) is 14.5. The Hall–Kier alpha value is -3.26. The summed E-state index contributed by atoms with van der Waals surface area (Å²) in [5.41, 5.74) is 2.68. The highest BCUT2D eigenvalue weighted by Crippen LogP contribution is 2.39. The Kier molecular flexibility index (Phi) is 7.34. The van der Waals surface area contributed by atoms with Crippen molar-refractivity contribution < 1.29 is 19.0 Å². The molecule has 1 aliphatic heterocycles. The Bertz CT molecular complexity index is 1030. The third kappa shape index (κ3) is 5.22. The van der Waals surface area contributed by atoms with Gasteiger partial charge in [-0.25, -0.2) is 4.52 Å². The molecule has 3 aromatic rings. The van der Waals surface area contributed by atoms with Crippen LogP contribution in [0.25, 0.3) is 5.52 Å². The molecule has 0 aliphatic carbocycles. The fourth-order valence-electron chi connectivity index (χ4n) is 4.10. The Morgan fingerprint density at radius 3 is 2.18 bits per heavy atom. The predicted octanol–water partition coefficient (Wildman–Crippen LogP) is 3.49. The average Bonchev–Trinajstić information content (AvgIpc) is 3.23. The van der Waals surface area contributed by atoms with Gasteiger partial charge in [0.1, 0.15) is 0 Å². The molecule has 0 saturated carbocycles. The quantitative estimate of drug-likeness (QED) is 0.495. The van der Waals surface area contributed by atoms with E-state index in [0.29, 0.717) is 55.7 Å². The van der Waals surface area contributed by atoms with Crippen LogP contribution in [0, 0.1) is 0 Å². The lowest BCUT2D eigenvalue weighted by Gasteiger charge is -2.34. The summed E-state index contributed by atoms with van der Waals surface area (Å²) in [5.74, 6) is 1.61. The minimum atomic E-state index is -0.0210. The van der Waals surface area contributed by atoms with Gasteiger partial charge in [-0.2, -0.15) is 5.10 Å². The summed E-state index contributed by atoms with van der Waals surface area (Å²) in [6.07, 6.45) is 1.96. The van der Waals surface area contributed by atoms with Crippen LogP contribution in [0.2, 0.25) is 0 Å². The van der Waals surface area contributed by atoms with Crippen molar-refractivity contribution in [3.8, 4) is 17.2 Å². The Morgan fingerprint density at radius 2 is 1.58 bits per heavy atom. The second kappa shape index (κ2) is 10.6. The summed E-state index contributed by atoms with van der Waals surface area (Å²) in [6.45, 7) is 10.9. The number of carbonyl (C=O) groups excluding carboxylic acids is 1. The number of hydrogen-bond acceptors (Lipinski definition) is 6. The molecule has 33 heavy (non-hydrogen) atoms. The number of pyridine rings is 1. The molecule has 176 valence electrons. The molecule has 3 heterocycles. The van der Waals surface area contributed by atoms with E-state index in [4.69, 9.17) is 14.2 Å². The number of amides is 1. The Morgan fingerprint density at radius 1 is 0.909 bits per heavy atom. The number of fused-ring (bicyclic) bond motifs is 1. The molecule has 1 amide bonds. The van der Waals surface area contributed by atoms with E-state index in [-0.39, 0.29) is 5.91 Å². The van der Waals surface area contributed by atoms with Crippen LogP contribution >= 0.6 is 0 Å². The molecule has 0 radical (unpaired) electrons. The van der Waals surface area contributed by atoms with Gasteiger partial charge in [-0.1, -0.05) is 6.07 Å². The zero-order valence-corrected chi connectivity index (χ0v) is 19.6. The molecule has 0 spiro atoms.